The van der Waals surface area contributed by atoms with Crippen LogP contribution in [0.5, 0.6) is 5.75 Å². The van der Waals surface area contributed by atoms with E-state index in [2.05, 4.69) is 5.32 Å². The summed E-state index contributed by atoms with van der Waals surface area (Å²) < 4.78 is 11.4. The van der Waals surface area contributed by atoms with Gasteiger partial charge in [0.2, 0.25) is 5.91 Å². The van der Waals surface area contributed by atoms with Crippen LogP contribution in [0.3, 0.4) is 0 Å². The lowest BCUT2D eigenvalue weighted by atomic mass is 10.1. The number of carbonyl (C=O) groups excluding carboxylic acids is 2. The van der Waals surface area contributed by atoms with Crippen molar-refractivity contribution in [1.82, 2.24) is 4.90 Å². The number of nitrogens with zero attached hydrogens (tertiary/aromatic N) is 1. The van der Waals surface area contributed by atoms with Gasteiger partial charge >= 0.3 is 0 Å². The monoisotopic (exact) mass is 411 g/mol. The van der Waals surface area contributed by atoms with E-state index < -0.39 is 0 Å². The number of nitrogens with one attached hydrogen (secondary N) is 1. The minimum atomic E-state index is -0.0252. The normalized spacial score (nSPS) is 17.0. The van der Waals surface area contributed by atoms with Crippen molar-refractivity contribution < 1.29 is 19.1 Å². The van der Waals surface area contributed by atoms with Gasteiger partial charge in [0.15, 0.2) is 6.61 Å². The van der Waals surface area contributed by atoms with Crippen molar-refractivity contribution in [3.8, 4) is 5.75 Å². The van der Waals surface area contributed by atoms with Crippen LogP contribution in [0.25, 0.3) is 0 Å². The smallest absolute Gasteiger partial charge is 0.260 e. The zero-order valence-corrected chi connectivity index (χ0v) is 16.9. The molecule has 1 saturated carbocycles. The average molecular weight is 412 g/mol. The first-order valence-corrected chi connectivity index (χ1v) is 9.79. The largest absolute Gasteiger partial charge is 0.484 e. The summed E-state index contributed by atoms with van der Waals surface area (Å²) in [4.78, 5) is 26.0. The Balaban J connectivity index is 0.00000280. The first-order chi connectivity index (χ1) is 13.2. The van der Waals surface area contributed by atoms with E-state index in [1.165, 1.54) is 0 Å². The maximum Gasteiger partial charge on any atom is 0.260 e. The number of carbonyl (C=O) groups is 2. The average Bonchev–Trinajstić information content (AvgIpc) is 3.53. The number of benzene rings is 1. The highest BCUT2D eigenvalue weighted by molar-refractivity contribution is 5.94. The van der Waals surface area contributed by atoms with E-state index in [0.29, 0.717) is 37.7 Å². The van der Waals surface area contributed by atoms with Gasteiger partial charge in [-0.3, -0.25) is 9.59 Å². The third-order valence-electron chi connectivity index (χ3n) is 4.91. The number of rotatable bonds is 9. The molecule has 8 heteroatoms. The van der Waals surface area contributed by atoms with Crippen LogP contribution in [0.1, 0.15) is 32.1 Å². The second-order valence-electron chi connectivity index (χ2n) is 7.17. The Kier molecular flexibility index (Phi) is 9.02. The van der Waals surface area contributed by atoms with Gasteiger partial charge in [0.25, 0.3) is 5.91 Å². The lowest BCUT2D eigenvalue weighted by Crippen LogP contribution is -2.43. The van der Waals surface area contributed by atoms with Crippen molar-refractivity contribution in [1.29, 1.82) is 0 Å². The van der Waals surface area contributed by atoms with Crippen LogP contribution in [0, 0.1) is 5.92 Å². The fourth-order valence-corrected chi connectivity index (χ4v) is 3.10. The van der Waals surface area contributed by atoms with Gasteiger partial charge in [-0.2, -0.15) is 0 Å². The molecular weight excluding hydrogens is 382 g/mol. The molecule has 1 saturated heterocycles. The van der Waals surface area contributed by atoms with Gasteiger partial charge in [-0.1, -0.05) is 6.07 Å². The molecule has 156 valence electrons. The second kappa shape index (κ2) is 11.2. The summed E-state index contributed by atoms with van der Waals surface area (Å²) in [5.74, 6) is 0.762. The number of ether oxygens (including phenoxy) is 2. The Morgan fingerprint density at radius 2 is 1.93 bits per heavy atom. The van der Waals surface area contributed by atoms with E-state index in [4.69, 9.17) is 15.2 Å². The zero-order chi connectivity index (χ0) is 19.1. The van der Waals surface area contributed by atoms with E-state index >= 15 is 0 Å². The Morgan fingerprint density at radius 1 is 1.18 bits per heavy atom. The van der Waals surface area contributed by atoms with Gasteiger partial charge in [-0.15, -0.1) is 12.4 Å². The predicted octanol–water partition coefficient (Wildman–Crippen LogP) is 2.19. The maximum atomic E-state index is 12.4. The molecule has 0 radical (unpaired) electrons. The first-order valence-electron chi connectivity index (χ1n) is 9.79. The van der Waals surface area contributed by atoms with Crippen LogP contribution in [0.4, 0.5) is 5.69 Å². The van der Waals surface area contributed by atoms with Crippen LogP contribution in [-0.4, -0.2) is 55.7 Å². The van der Waals surface area contributed by atoms with Crippen molar-refractivity contribution in [3.05, 3.63) is 24.3 Å². The highest BCUT2D eigenvalue weighted by atomic mass is 35.5. The fraction of sp³-hybridized carbons (Fsp3) is 0.600. The molecule has 1 aliphatic carbocycles. The number of anilines is 1. The third kappa shape index (κ3) is 6.96. The molecule has 0 unspecified atom stereocenters. The summed E-state index contributed by atoms with van der Waals surface area (Å²) in [5, 5.41) is 2.89. The highest BCUT2D eigenvalue weighted by Gasteiger charge is 2.29. The van der Waals surface area contributed by atoms with E-state index in [-0.39, 0.29) is 42.9 Å². The minimum absolute atomic E-state index is 0. The van der Waals surface area contributed by atoms with Gasteiger partial charge in [0.1, 0.15) is 5.75 Å². The van der Waals surface area contributed by atoms with Gasteiger partial charge in [-0.05, 0) is 50.8 Å². The molecule has 0 atom stereocenters. The van der Waals surface area contributed by atoms with Crippen LogP contribution < -0.4 is 15.8 Å². The zero-order valence-electron chi connectivity index (χ0n) is 16.1. The molecule has 7 nitrogen and oxygen atoms in total. The molecule has 0 spiro atoms. The van der Waals surface area contributed by atoms with E-state index in [1.807, 2.05) is 17.0 Å². The number of piperidine rings is 1. The Labute approximate surface area is 172 Å². The molecule has 2 aliphatic rings. The predicted molar refractivity (Wildman–Crippen MR) is 110 cm³/mol. The highest BCUT2D eigenvalue weighted by Crippen LogP contribution is 2.30. The van der Waals surface area contributed by atoms with Crippen molar-refractivity contribution in [2.45, 2.75) is 38.2 Å². The van der Waals surface area contributed by atoms with Crippen molar-refractivity contribution in [2.24, 2.45) is 11.7 Å². The van der Waals surface area contributed by atoms with E-state index in [1.54, 1.807) is 12.1 Å². The molecule has 0 aromatic heterocycles. The van der Waals surface area contributed by atoms with Crippen molar-refractivity contribution in [2.75, 3.05) is 38.2 Å². The molecule has 2 amide bonds. The maximum absolute atomic E-state index is 12.4. The summed E-state index contributed by atoms with van der Waals surface area (Å²) in [6, 6.07) is 7.18. The number of hydrogen-bond donors (Lipinski definition) is 2. The number of hydrogen-bond acceptors (Lipinski definition) is 5. The Morgan fingerprint density at radius 3 is 2.61 bits per heavy atom. The number of likely N-dealkylation sites (tertiary alicyclic amines) is 1. The Bertz CT molecular complexity index is 646. The summed E-state index contributed by atoms with van der Waals surface area (Å²) >= 11 is 0. The Hall–Kier alpha value is -1.83. The van der Waals surface area contributed by atoms with Gasteiger partial charge in [-0.25, -0.2) is 0 Å². The third-order valence-corrected chi connectivity index (χ3v) is 4.91. The van der Waals surface area contributed by atoms with Gasteiger partial charge in [0.05, 0.1) is 6.10 Å². The van der Waals surface area contributed by atoms with Crippen molar-refractivity contribution >= 4 is 29.9 Å². The summed E-state index contributed by atoms with van der Waals surface area (Å²) in [6.07, 6.45) is 4.70. The molecular formula is C20H30ClN3O4. The summed E-state index contributed by atoms with van der Waals surface area (Å²) in [5.41, 5.74) is 6.17. The topological polar surface area (TPSA) is 93.9 Å². The molecule has 1 heterocycles. The molecule has 2 fully saturated rings. The standard InChI is InChI=1S/C20H29N3O4.ClH/c21-9-2-12-26-17-7-10-23(11-8-17)19(24)14-27-18-4-1-3-16(13-18)22-20(25)15-5-6-15;/h1,3-4,13,15,17H,2,5-12,14,21H2,(H,22,25);1H. The number of halogens is 1. The lowest BCUT2D eigenvalue weighted by molar-refractivity contribution is -0.136. The molecule has 3 N–H and O–H groups in total. The van der Waals surface area contributed by atoms with Crippen molar-refractivity contribution in [3.63, 3.8) is 0 Å². The SMILES string of the molecule is Cl.NCCCOC1CCN(C(=O)COc2cccc(NC(=O)C3CC3)c2)CC1. The molecule has 0 bridgehead atoms. The molecule has 1 aromatic rings. The second-order valence-corrected chi connectivity index (χ2v) is 7.17. The number of nitrogens with two attached hydrogens (primary N) is 1. The quantitative estimate of drug-likeness (QED) is 0.607. The minimum Gasteiger partial charge on any atom is -0.484 e. The van der Waals surface area contributed by atoms with Crippen LogP contribution in [0.15, 0.2) is 24.3 Å². The van der Waals surface area contributed by atoms with E-state index in [9.17, 15) is 9.59 Å². The molecule has 3 rings (SSSR count). The van der Waals surface area contributed by atoms with Gasteiger partial charge in [0, 0.05) is 37.4 Å². The molecule has 1 aliphatic heterocycles. The molecule has 1 aromatic carbocycles. The fourth-order valence-electron chi connectivity index (χ4n) is 3.10. The van der Waals surface area contributed by atoms with Crippen LogP contribution in [-0.2, 0) is 14.3 Å². The summed E-state index contributed by atoms with van der Waals surface area (Å²) in [7, 11) is 0. The lowest BCUT2D eigenvalue weighted by Gasteiger charge is -2.31. The van der Waals surface area contributed by atoms with Crippen LogP contribution in [0.2, 0.25) is 0 Å². The van der Waals surface area contributed by atoms with Crippen LogP contribution >= 0.6 is 12.4 Å². The van der Waals surface area contributed by atoms with E-state index in [0.717, 1.165) is 32.1 Å². The first kappa shape index (κ1) is 22.5. The number of amides is 2. The summed E-state index contributed by atoms with van der Waals surface area (Å²) in [6.45, 7) is 2.70. The van der Waals surface area contributed by atoms with Gasteiger partial charge < -0.3 is 25.4 Å². The molecule has 28 heavy (non-hydrogen) atoms.